The molecule has 1 aliphatic rings. The SMILES string of the molecule is CN=C(NCCCCCCC(=O)OC(C)(C)C)NC1CC1C. The molecule has 0 heterocycles. The van der Waals surface area contributed by atoms with Gasteiger partial charge >= 0.3 is 5.97 Å². The number of hydrogen-bond donors (Lipinski definition) is 2. The van der Waals surface area contributed by atoms with E-state index in [1.54, 1.807) is 0 Å². The van der Waals surface area contributed by atoms with E-state index in [0.29, 0.717) is 12.5 Å². The van der Waals surface area contributed by atoms with Crippen LogP contribution in [0.2, 0.25) is 0 Å². The van der Waals surface area contributed by atoms with Gasteiger partial charge in [0.1, 0.15) is 5.60 Å². The van der Waals surface area contributed by atoms with Gasteiger partial charge in [0.2, 0.25) is 0 Å². The third kappa shape index (κ3) is 8.90. The number of nitrogens with zero attached hydrogens (tertiary/aromatic N) is 1. The predicted octanol–water partition coefficient (Wildman–Crippen LogP) is 2.85. The van der Waals surface area contributed by atoms with Crippen molar-refractivity contribution >= 4 is 11.9 Å². The molecule has 0 radical (unpaired) electrons. The summed E-state index contributed by atoms with van der Waals surface area (Å²) in [5.41, 5.74) is -0.372. The second-order valence-corrected chi connectivity index (χ2v) is 7.21. The van der Waals surface area contributed by atoms with Crippen LogP contribution >= 0.6 is 0 Å². The highest BCUT2D eigenvalue weighted by Gasteiger charge is 2.33. The smallest absolute Gasteiger partial charge is 0.306 e. The van der Waals surface area contributed by atoms with Gasteiger partial charge in [-0.3, -0.25) is 9.79 Å². The van der Waals surface area contributed by atoms with E-state index in [0.717, 1.165) is 44.1 Å². The third-order valence-corrected chi connectivity index (χ3v) is 3.68. The van der Waals surface area contributed by atoms with Gasteiger partial charge in [-0.1, -0.05) is 19.8 Å². The Morgan fingerprint density at radius 2 is 1.86 bits per heavy atom. The molecule has 5 heteroatoms. The van der Waals surface area contributed by atoms with Crippen LogP contribution in [-0.4, -0.2) is 37.2 Å². The zero-order valence-corrected chi connectivity index (χ0v) is 14.9. The molecule has 2 atom stereocenters. The second kappa shape index (κ2) is 9.01. The summed E-state index contributed by atoms with van der Waals surface area (Å²) in [5, 5.41) is 6.75. The number of hydrogen-bond acceptors (Lipinski definition) is 3. The van der Waals surface area contributed by atoms with Gasteiger partial charge in [0.25, 0.3) is 0 Å². The highest BCUT2D eigenvalue weighted by molar-refractivity contribution is 5.80. The Hall–Kier alpha value is -1.26. The van der Waals surface area contributed by atoms with Crippen molar-refractivity contribution in [1.82, 2.24) is 10.6 Å². The second-order valence-electron chi connectivity index (χ2n) is 7.21. The number of carbonyl (C=O) groups excluding carboxylic acids is 1. The van der Waals surface area contributed by atoms with E-state index in [9.17, 15) is 4.79 Å². The molecule has 0 aromatic carbocycles. The first-order chi connectivity index (χ1) is 10.3. The summed E-state index contributed by atoms with van der Waals surface area (Å²) in [7, 11) is 1.81. The van der Waals surface area contributed by atoms with Crippen LogP contribution in [0.5, 0.6) is 0 Å². The Bertz CT molecular complexity index is 375. The molecule has 0 saturated heterocycles. The molecule has 1 rings (SSSR count). The Morgan fingerprint density at radius 3 is 2.41 bits per heavy atom. The lowest BCUT2D eigenvalue weighted by Crippen LogP contribution is -2.39. The average Bonchev–Trinajstić information content (AvgIpc) is 3.09. The maximum atomic E-state index is 11.6. The number of rotatable bonds is 8. The average molecular weight is 311 g/mol. The molecule has 1 saturated carbocycles. The van der Waals surface area contributed by atoms with E-state index in [4.69, 9.17) is 4.74 Å². The van der Waals surface area contributed by atoms with Crippen molar-refractivity contribution in [1.29, 1.82) is 0 Å². The lowest BCUT2D eigenvalue weighted by atomic mass is 10.1. The molecule has 0 spiro atoms. The van der Waals surface area contributed by atoms with Crippen molar-refractivity contribution in [3.63, 3.8) is 0 Å². The van der Waals surface area contributed by atoms with E-state index >= 15 is 0 Å². The van der Waals surface area contributed by atoms with Gasteiger partial charge in [0.05, 0.1) is 0 Å². The van der Waals surface area contributed by atoms with Crippen molar-refractivity contribution in [3.8, 4) is 0 Å². The van der Waals surface area contributed by atoms with Gasteiger partial charge in [-0.15, -0.1) is 0 Å². The number of carbonyl (C=O) groups is 1. The number of nitrogens with one attached hydrogen (secondary N) is 2. The fourth-order valence-electron chi connectivity index (χ4n) is 2.24. The summed E-state index contributed by atoms with van der Waals surface area (Å²) in [6.07, 6.45) is 5.94. The standard InChI is InChI=1S/C17H33N3O2/c1-13-12-14(13)20-16(18-5)19-11-9-7-6-8-10-15(21)22-17(2,3)4/h13-14H,6-12H2,1-5H3,(H2,18,19,20). The summed E-state index contributed by atoms with van der Waals surface area (Å²) >= 11 is 0. The summed E-state index contributed by atoms with van der Waals surface area (Å²) in [5.74, 6) is 1.59. The lowest BCUT2D eigenvalue weighted by molar-refractivity contribution is -0.154. The summed E-state index contributed by atoms with van der Waals surface area (Å²) in [4.78, 5) is 15.8. The van der Waals surface area contributed by atoms with Crippen molar-refractivity contribution in [3.05, 3.63) is 0 Å². The Morgan fingerprint density at radius 1 is 1.23 bits per heavy atom. The van der Waals surface area contributed by atoms with E-state index in [2.05, 4.69) is 22.5 Å². The van der Waals surface area contributed by atoms with Crippen molar-refractivity contribution in [2.45, 2.75) is 77.9 Å². The summed E-state index contributed by atoms with van der Waals surface area (Å²) in [6, 6.07) is 0.597. The first kappa shape index (κ1) is 18.8. The van der Waals surface area contributed by atoms with E-state index in [-0.39, 0.29) is 11.6 Å². The maximum absolute atomic E-state index is 11.6. The molecule has 0 bridgehead atoms. The van der Waals surface area contributed by atoms with Crippen LogP contribution in [0.3, 0.4) is 0 Å². The van der Waals surface area contributed by atoms with Gasteiger partial charge in [-0.2, -0.15) is 0 Å². The van der Waals surface area contributed by atoms with Crippen LogP contribution in [0.25, 0.3) is 0 Å². The fraction of sp³-hybridized carbons (Fsp3) is 0.882. The van der Waals surface area contributed by atoms with Crippen molar-refractivity contribution in [2.24, 2.45) is 10.9 Å². The highest BCUT2D eigenvalue weighted by atomic mass is 16.6. The van der Waals surface area contributed by atoms with Crippen molar-refractivity contribution < 1.29 is 9.53 Å². The molecule has 22 heavy (non-hydrogen) atoms. The third-order valence-electron chi connectivity index (χ3n) is 3.68. The minimum absolute atomic E-state index is 0.0891. The van der Waals surface area contributed by atoms with Crippen LogP contribution in [-0.2, 0) is 9.53 Å². The molecule has 0 aliphatic heterocycles. The van der Waals surface area contributed by atoms with Gasteiger partial charge in [0.15, 0.2) is 5.96 Å². The van der Waals surface area contributed by atoms with Gasteiger partial charge in [-0.25, -0.2) is 0 Å². The first-order valence-electron chi connectivity index (χ1n) is 8.51. The summed E-state index contributed by atoms with van der Waals surface area (Å²) < 4.78 is 5.29. The zero-order valence-electron chi connectivity index (χ0n) is 14.9. The van der Waals surface area contributed by atoms with E-state index < -0.39 is 0 Å². The van der Waals surface area contributed by atoms with Gasteiger partial charge in [-0.05, 0) is 46.0 Å². The number of esters is 1. The Labute approximate surface area is 135 Å². The number of guanidine groups is 1. The molecule has 0 aromatic heterocycles. The number of aliphatic imine (C=N–C) groups is 1. The fourth-order valence-corrected chi connectivity index (χ4v) is 2.24. The monoisotopic (exact) mass is 311 g/mol. The van der Waals surface area contributed by atoms with Gasteiger partial charge < -0.3 is 15.4 Å². The van der Waals surface area contributed by atoms with Crippen LogP contribution in [0.15, 0.2) is 4.99 Å². The molecule has 1 fully saturated rings. The Balaban J connectivity index is 1.95. The largest absolute Gasteiger partial charge is 0.460 e. The molecule has 5 nitrogen and oxygen atoms in total. The van der Waals surface area contributed by atoms with Crippen LogP contribution < -0.4 is 10.6 Å². The molecule has 2 unspecified atom stereocenters. The number of ether oxygens (including phenoxy) is 1. The normalized spacial score (nSPS) is 21.4. The number of unbranched alkanes of at least 4 members (excludes halogenated alkanes) is 3. The molecular formula is C17H33N3O2. The van der Waals surface area contributed by atoms with Crippen LogP contribution in [0.1, 0.15) is 66.2 Å². The quantitative estimate of drug-likeness (QED) is 0.313. The molecular weight excluding hydrogens is 278 g/mol. The Kier molecular flexibility index (Phi) is 7.69. The van der Waals surface area contributed by atoms with Gasteiger partial charge in [0, 0.05) is 26.1 Å². The summed E-state index contributed by atoms with van der Waals surface area (Å²) in [6.45, 7) is 8.88. The maximum Gasteiger partial charge on any atom is 0.306 e. The van der Waals surface area contributed by atoms with Crippen molar-refractivity contribution in [2.75, 3.05) is 13.6 Å². The first-order valence-corrected chi connectivity index (χ1v) is 8.51. The zero-order chi connectivity index (χ0) is 16.6. The van der Waals surface area contributed by atoms with Crippen LogP contribution in [0.4, 0.5) is 0 Å². The topological polar surface area (TPSA) is 62.7 Å². The molecule has 2 N–H and O–H groups in total. The van der Waals surface area contributed by atoms with Crippen LogP contribution in [0, 0.1) is 5.92 Å². The minimum atomic E-state index is -0.372. The molecule has 128 valence electrons. The molecule has 0 amide bonds. The highest BCUT2D eigenvalue weighted by Crippen LogP contribution is 2.28. The van der Waals surface area contributed by atoms with E-state index in [1.165, 1.54) is 6.42 Å². The minimum Gasteiger partial charge on any atom is -0.460 e. The lowest BCUT2D eigenvalue weighted by Gasteiger charge is -2.19. The van der Waals surface area contributed by atoms with E-state index in [1.807, 2.05) is 27.8 Å². The molecule has 1 aliphatic carbocycles. The molecule has 0 aromatic rings. The predicted molar refractivity (Wildman–Crippen MR) is 91.0 cm³/mol.